The summed E-state index contributed by atoms with van der Waals surface area (Å²) in [6.45, 7) is 3.42. The van der Waals surface area contributed by atoms with Crippen LogP contribution in [0.5, 0.6) is 0 Å². The van der Waals surface area contributed by atoms with Crippen LogP contribution in [0.15, 0.2) is 36.8 Å². The van der Waals surface area contributed by atoms with E-state index in [0.29, 0.717) is 25.6 Å². The van der Waals surface area contributed by atoms with Gasteiger partial charge in [-0.05, 0) is 24.1 Å². The molecule has 2 saturated heterocycles. The van der Waals surface area contributed by atoms with Crippen molar-refractivity contribution in [2.45, 2.75) is 13.0 Å². The Kier molecular flexibility index (Phi) is 4.03. The Morgan fingerprint density at radius 3 is 3.17 bits per heavy atom. The number of anilines is 1. The van der Waals surface area contributed by atoms with Gasteiger partial charge in [-0.15, -0.1) is 0 Å². The van der Waals surface area contributed by atoms with Crippen LogP contribution in [0.4, 0.5) is 5.82 Å². The van der Waals surface area contributed by atoms with Crippen LogP contribution in [0.1, 0.15) is 5.56 Å². The minimum atomic E-state index is -0.444. The van der Waals surface area contributed by atoms with Gasteiger partial charge in [0, 0.05) is 50.2 Å². The molecule has 2 aliphatic rings. The predicted octanol–water partition coefficient (Wildman–Crippen LogP) is 0.695. The monoisotopic (exact) mass is 327 g/mol. The first-order valence-corrected chi connectivity index (χ1v) is 8.28. The number of fused-ring (bicyclic) bond motifs is 1. The van der Waals surface area contributed by atoms with Crippen molar-refractivity contribution in [1.29, 1.82) is 0 Å². The third-order valence-electron chi connectivity index (χ3n) is 5.00. The molecule has 1 amide bonds. The highest BCUT2D eigenvalue weighted by molar-refractivity contribution is 5.95. The Morgan fingerprint density at radius 2 is 2.29 bits per heavy atom. The summed E-state index contributed by atoms with van der Waals surface area (Å²) >= 11 is 0. The molecule has 2 aromatic rings. The lowest BCUT2D eigenvalue weighted by atomic mass is 9.80. The lowest BCUT2D eigenvalue weighted by Gasteiger charge is -2.24. The van der Waals surface area contributed by atoms with Gasteiger partial charge in [-0.2, -0.15) is 5.10 Å². The van der Waals surface area contributed by atoms with Crippen molar-refractivity contribution < 1.29 is 9.53 Å². The van der Waals surface area contributed by atoms with Gasteiger partial charge in [0.05, 0.1) is 18.6 Å². The van der Waals surface area contributed by atoms with Crippen LogP contribution < -0.4 is 10.6 Å². The SMILES string of the molecule is O=C(Nc1ccn(CCc2ccncc2)n1)[C@]12CNC[C@H]1COC2. The van der Waals surface area contributed by atoms with Crippen LogP contribution in [0, 0.1) is 11.3 Å². The number of aryl methyl sites for hydroxylation is 2. The molecule has 7 heteroatoms. The Bertz CT molecular complexity index is 705. The number of aromatic nitrogens is 3. The second-order valence-electron chi connectivity index (χ2n) is 6.52. The van der Waals surface area contributed by atoms with E-state index in [1.807, 2.05) is 29.1 Å². The third-order valence-corrected chi connectivity index (χ3v) is 5.00. The van der Waals surface area contributed by atoms with Crippen LogP contribution in [-0.4, -0.2) is 47.0 Å². The highest BCUT2D eigenvalue weighted by atomic mass is 16.5. The zero-order valence-electron chi connectivity index (χ0n) is 13.4. The molecule has 2 aromatic heterocycles. The second kappa shape index (κ2) is 6.33. The van der Waals surface area contributed by atoms with Crippen molar-refractivity contribution in [2.75, 3.05) is 31.6 Å². The quantitative estimate of drug-likeness (QED) is 0.845. The molecule has 24 heavy (non-hydrogen) atoms. The molecule has 2 atom stereocenters. The van der Waals surface area contributed by atoms with Crippen molar-refractivity contribution in [3.63, 3.8) is 0 Å². The summed E-state index contributed by atoms with van der Waals surface area (Å²) in [4.78, 5) is 16.7. The number of rotatable bonds is 5. The minimum Gasteiger partial charge on any atom is -0.380 e. The molecule has 0 spiro atoms. The van der Waals surface area contributed by atoms with Gasteiger partial charge in [0.1, 0.15) is 0 Å². The van der Waals surface area contributed by atoms with Gasteiger partial charge in [-0.1, -0.05) is 0 Å². The van der Waals surface area contributed by atoms with E-state index in [1.54, 1.807) is 12.4 Å². The largest absolute Gasteiger partial charge is 0.380 e. The summed E-state index contributed by atoms with van der Waals surface area (Å²) in [6, 6.07) is 5.84. The van der Waals surface area contributed by atoms with E-state index in [-0.39, 0.29) is 11.8 Å². The van der Waals surface area contributed by atoms with Crippen LogP contribution >= 0.6 is 0 Å². The van der Waals surface area contributed by atoms with E-state index in [2.05, 4.69) is 20.7 Å². The van der Waals surface area contributed by atoms with E-state index >= 15 is 0 Å². The predicted molar refractivity (Wildman–Crippen MR) is 88.4 cm³/mol. The Hall–Kier alpha value is -2.25. The molecule has 0 bridgehead atoms. The lowest BCUT2D eigenvalue weighted by molar-refractivity contribution is -0.125. The van der Waals surface area contributed by atoms with Gasteiger partial charge in [-0.25, -0.2) is 0 Å². The molecule has 126 valence electrons. The van der Waals surface area contributed by atoms with Crippen molar-refractivity contribution in [1.82, 2.24) is 20.1 Å². The number of pyridine rings is 1. The Balaban J connectivity index is 1.38. The summed E-state index contributed by atoms with van der Waals surface area (Å²) < 4.78 is 7.39. The van der Waals surface area contributed by atoms with Gasteiger partial charge in [0.25, 0.3) is 0 Å². The maximum atomic E-state index is 12.7. The summed E-state index contributed by atoms with van der Waals surface area (Å²) in [5.41, 5.74) is 0.772. The number of carbonyl (C=O) groups excluding carboxylic acids is 1. The zero-order valence-corrected chi connectivity index (χ0v) is 13.4. The number of nitrogens with one attached hydrogen (secondary N) is 2. The molecular formula is C17H21N5O2. The smallest absolute Gasteiger partial charge is 0.235 e. The average molecular weight is 327 g/mol. The maximum absolute atomic E-state index is 12.7. The summed E-state index contributed by atoms with van der Waals surface area (Å²) in [5, 5.41) is 10.7. The maximum Gasteiger partial charge on any atom is 0.235 e. The fourth-order valence-corrected chi connectivity index (χ4v) is 3.50. The number of hydrogen-bond donors (Lipinski definition) is 2. The van der Waals surface area contributed by atoms with Crippen molar-refractivity contribution in [3.05, 3.63) is 42.4 Å². The molecular weight excluding hydrogens is 306 g/mol. The molecule has 4 rings (SSSR count). The van der Waals surface area contributed by atoms with Crippen molar-refractivity contribution in [2.24, 2.45) is 11.3 Å². The lowest BCUT2D eigenvalue weighted by Crippen LogP contribution is -2.42. The number of nitrogens with zero attached hydrogens (tertiary/aromatic N) is 3. The van der Waals surface area contributed by atoms with Gasteiger partial charge >= 0.3 is 0 Å². The first kappa shape index (κ1) is 15.3. The fourth-order valence-electron chi connectivity index (χ4n) is 3.50. The topological polar surface area (TPSA) is 81.1 Å². The van der Waals surface area contributed by atoms with Gasteiger partial charge in [0.15, 0.2) is 5.82 Å². The van der Waals surface area contributed by atoms with Gasteiger partial charge < -0.3 is 15.4 Å². The third kappa shape index (κ3) is 2.81. The van der Waals surface area contributed by atoms with Crippen LogP contribution in [0.2, 0.25) is 0 Å². The molecule has 2 N–H and O–H groups in total. The van der Waals surface area contributed by atoms with Crippen LogP contribution in [0.25, 0.3) is 0 Å². The molecule has 4 heterocycles. The molecule has 0 saturated carbocycles. The highest BCUT2D eigenvalue weighted by Gasteiger charge is 2.53. The van der Waals surface area contributed by atoms with Gasteiger partial charge in [0.2, 0.25) is 5.91 Å². The zero-order chi connectivity index (χ0) is 16.4. The fraction of sp³-hybridized carbons (Fsp3) is 0.471. The second-order valence-corrected chi connectivity index (χ2v) is 6.52. The Labute approximate surface area is 140 Å². The molecule has 2 fully saturated rings. The van der Waals surface area contributed by atoms with Crippen LogP contribution in [0.3, 0.4) is 0 Å². The van der Waals surface area contributed by atoms with E-state index in [4.69, 9.17) is 4.74 Å². The highest BCUT2D eigenvalue weighted by Crippen LogP contribution is 2.38. The molecule has 0 aromatic carbocycles. The first-order chi connectivity index (χ1) is 11.8. The summed E-state index contributed by atoms with van der Waals surface area (Å²) in [5.74, 6) is 0.863. The van der Waals surface area contributed by atoms with Crippen molar-refractivity contribution >= 4 is 11.7 Å². The van der Waals surface area contributed by atoms with Crippen molar-refractivity contribution in [3.8, 4) is 0 Å². The van der Waals surface area contributed by atoms with E-state index in [1.165, 1.54) is 5.56 Å². The standard InChI is InChI=1S/C17H21N5O2/c23-16(17-11-19-9-14(17)10-24-12-17)20-15-4-8-22(21-15)7-3-13-1-5-18-6-2-13/h1-2,4-6,8,14,19H,3,7,9-12H2,(H,20,21,23)/t14-,17-/m0/s1. The van der Waals surface area contributed by atoms with Gasteiger partial charge in [-0.3, -0.25) is 14.5 Å². The minimum absolute atomic E-state index is 0.00869. The first-order valence-electron chi connectivity index (χ1n) is 8.28. The van der Waals surface area contributed by atoms with Crippen LogP contribution in [-0.2, 0) is 22.5 Å². The van der Waals surface area contributed by atoms with E-state index in [0.717, 1.165) is 19.5 Å². The molecule has 0 radical (unpaired) electrons. The molecule has 0 aliphatic carbocycles. The number of hydrogen-bond acceptors (Lipinski definition) is 5. The average Bonchev–Trinajstić information content (AvgIpc) is 3.29. The number of ether oxygens (including phenoxy) is 1. The number of amides is 1. The Morgan fingerprint density at radius 1 is 1.42 bits per heavy atom. The molecule has 0 unspecified atom stereocenters. The van der Waals surface area contributed by atoms with E-state index in [9.17, 15) is 4.79 Å². The number of carbonyl (C=O) groups is 1. The summed E-state index contributed by atoms with van der Waals surface area (Å²) in [6.07, 6.45) is 6.35. The molecule has 2 aliphatic heterocycles. The van der Waals surface area contributed by atoms with E-state index < -0.39 is 5.41 Å². The molecule has 7 nitrogen and oxygen atoms in total. The summed E-state index contributed by atoms with van der Waals surface area (Å²) in [7, 11) is 0. The normalized spacial score (nSPS) is 25.6.